The Morgan fingerprint density at radius 3 is 2.30 bits per heavy atom. The lowest BCUT2D eigenvalue weighted by atomic mass is 9.98. The molecule has 0 aromatic heterocycles. The summed E-state index contributed by atoms with van der Waals surface area (Å²) in [6.45, 7) is 4.15. The Morgan fingerprint density at radius 1 is 1.05 bits per heavy atom. The number of benzene rings is 2. The Bertz CT molecular complexity index is 560. The van der Waals surface area contributed by atoms with Crippen LogP contribution < -0.4 is 0 Å². The van der Waals surface area contributed by atoms with Crippen LogP contribution >= 0.6 is 11.6 Å². The van der Waals surface area contributed by atoms with Crippen molar-refractivity contribution in [1.82, 2.24) is 0 Å². The summed E-state index contributed by atoms with van der Waals surface area (Å²) >= 11 is 6.12. The fourth-order valence-corrected chi connectivity index (χ4v) is 2.41. The lowest BCUT2D eigenvalue weighted by Crippen LogP contribution is -2.00. The molecule has 0 radical (unpaired) electrons. The lowest BCUT2D eigenvalue weighted by molar-refractivity contribution is 0.220. The molecule has 0 aliphatic carbocycles. The van der Waals surface area contributed by atoms with Crippen molar-refractivity contribution < 1.29 is 5.11 Å². The molecule has 0 amide bonds. The standard InChI is InChI=1S/C18H21ClO/c1-3-4-5-14-7-10-15(11-8-14)18(20)16-9-6-13(2)17(19)12-16/h6-12,18,20H,3-5H2,1-2H3. The highest BCUT2D eigenvalue weighted by Crippen LogP contribution is 2.26. The second-order valence-electron chi connectivity index (χ2n) is 5.26. The van der Waals surface area contributed by atoms with E-state index in [1.807, 2.05) is 37.3 Å². The average molecular weight is 289 g/mol. The van der Waals surface area contributed by atoms with E-state index < -0.39 is 6.10 Å². The summed E-state index contributed by atoms with van der Waals surface area (Å²) in [6, 6.07) is 13.9. The summed E-state index contributed by atoms with van der Waals surface area (Å²) in [5.74, 6) is 0. The third-order valence-corrected chi connectivity index (χ3v) is 4.03. The zero-order valence-corrected chi connectivity index (χ0v) is 12.8. The number of aryl methyl sites for hydroxylation is 2. The minimum atomic E-state index is -0.617. The third kappa shape index (κ3) is 3.62. The van der Waals surface area contributed by atoms with Crippen LogP contribution in [0.1, 0.15) is 48.1 Å². The number of rotatable bonds is 5. The highest BCUT2D eigenvalue weighted by Gasteiger charge is 2.11. The maximum absolute atomic E-state index is 10.4. The van der Waals surface area contributed by atoms with Crippen molar-refractivity contribution in [2.24, 2.45) is 0 Å². The minimum Gasteiger partial charge on any atom is -0.384 e. The molecule has 1 N–H and O–H groups in total. The largest absolute Gasteiger partial charge is 0.384 e. The summed E-state index contributed by atoms with van der Waals surface area (Å²) in [4.78, 5) is 0. The van der Waals surface area contributed by atoms with Crippen molar-refractivity contribution in [2.45, 2.75) is 39.2 Å². The molecule has 106 valence electrons. The number of hydrogen-bond donors (Lipinski definition) is 1. The minimum absolute atomic E-state index is 0.617. The van der Waals surface area contributed by atoms with Crippen LogP contribution in [-0.4, -0.2) is 5.11 Å². The van der Waals surface area contributed by atoms with Crippen LogP contribution in [0.2, 0.25) is 5.02 Å². The molecule has 1 unspecified atom stereocenters. The highest BCUT2D eigenvalue weighted by atomic mass is 35.5. The number of halogens is 1. The van der Waals surface area contributed by atoms with Gasteiger partial charge >= 0.3 is 0 Å². The van der Waals surface area contributed by atoms with Gasteiger partial charge in [0.15, 0.2) is 0 Å². The summed E-state index contributed by atoms with van der Waals surface area (Å²) in [5, 5.41) is 11.1. The van der Waals surface area contributed by atoms with E-state index in [4.69, 9.17) is 11.6 Å². The highest BCUT2D eigenvalue weighted by molar-refractivity contribution is 6.31. The van der Waals surface area contributed by atoms with Crippen LogP contribution in [0.4, 0.5) is 0 Å². The summed E-state index contributed by atoms with van der Waals surface area (Å²) < 4.78 is 0. The number of hydrogen-bond acceptors (Lipinski definition) is 1. The Balaban J connectivity index is 2.15. The van der Waals surface area contributed by atoms with Crippen molar-refractivity contribution in [1.29, 1.82) is 0 Å². The van der Waals surface area contributed by atoms with E-state index in [9.17, 15) is 5.11 Å². The van der Waals surface area contributed by atoms with Crippen molar-refractivity contribution in [3.05, 3.63) is 69.7 Å². The van der Waals surface area contributed by atoms with Gasteiger partial charge < -0.3 is 5.11 Å². The van der Waals surface area contributed by atoms with Gasteiger partial charge in [-0.3, -0.25) is 0 Å². The van der Waals surface area contributed by atoms with Crippen molar-refractivity contribution >= 4 is 11.6 Å². The molecule has 0 heterocycles. The molecule has 0 fully saturated rings. The topological polar surface area (TPSA) is 20.2 Å². The van der Waals surface area contributed by atoms with E-state index in [0.717, 1.165) is 23.1 Å². The Hall–Kier alpha value is -1.31. The van der Waals surface area contributed by atoms with Crippen LogP contribution in [0.25, 0.3) is 0 Å². The predicted octanol–water partition coefficient (Wildman–Crippen LogP) is 5.07. The first kappa shape index (κ1) is 15.1. The van der Waals surface area contributed by atoms with Gasteiger partial charge in [-0.2, -0.15) is 0 Å². The van der Waals surface area contributed by atoms with Gasteiger partial charge in [0.1, 0.15) is 6.10 Å². The van der Waals surface area contributed by atoms with E-state index in [2.05, 4.69) is 19.1 Å². The zero-order chi connectivity index (χ0) is 14.5. The number of aliphatic hydroxyl groups is 1. The quantitative estimate of drug-likeness (QED) is 0.814. The van der Waals surface area contributed by atoms with E-state index in [0.29, 0.717) is 5.02 Å². The van der Waals surface area contributed by atoms with Crippen LogP contribution in [0.3, 0.4) is 0 Å². The second kappa shape index (κ2) is 6.92. The average Bonchev–Trinajstić information content (AvgIpc) is 2.48. The molecule has 0 saturated heterocycles. The number of unbranched alkanes of at least 4 members (excludes halogenated alkanes) is 1. The van der Waals surface area contributed by atoms with Crippen LogP contribution in [0.5, 0.6) is 0 Å². The molecule has 2 aromatic rings. The molecule has 2 rings (SSSR count). The van der Waals surface area contributed by atoms with Gasteiger partial charge in [-0.05, 0) is 48.1 Å². The van der Waals surface area contributed by atoms with Gasteiger partial charge in [0.05, 0.1) is 0 Å². The molecular formula is C18H21ClO. The normalized spacial score (nSPS) is 12.4. The second-order valence-corrected chi connectivity index (χ2v) is 5.66. The van der Waals surface area contributed by atoms with E-state index in [1.165, 1.54) is 18.4 Å². The third-order valence-electron chi connectivity index (χ3n) is 3.63. The molecule has 0 spiro atoms. The molecule has 0 aliphatic heterocycles. The molecule has 1 atom stereocenters. The van der Waals surface area contributed by atoms with Crippen molar-refractivity contribution in [3.63, 3.8) is 0 Å². The summed E-state index contributed by atoms with van der Waals surface area (Å²) in [7, 11) is 0. The summed E-state index contributed by atoms with van der Waals surface area (Å²) in [6.07, 6.45) is 2.89. The number of aliphatic hydroxyl groups excluding tert-OH is 1. The van der Waals surface area contributed by atoms with E-state index in [-0.39, 0.29) is 0 Å². The van der Waals surface area contributed by atoms with Gasteiger partial charge in [0, 0.05) is 5.02 Å². The molecule has 0 saturated carbocycles. The monoisotopic (exact) mass is 288 g/mol. The molecule has 0 aliphatic rings. The molecule has 1 nitrogen and oxygen atoms in total. The van der Waals surface area contributed by atoms with Crippen molar-refractivity contribution in [2.75, 3.05) is 0 Å². The Labute approximate surface area is 126 Å². The molecule has 20 heavy (non-hydrogen) atoms. The Kier molecular flexibility index (Phi) is 5.22. The van der Waals surface area contributed by atoms with Crippen LogP contribution in [0.15, 0.2) is 42.5 Å². The zero-order valence-electron chi connectivity index (χ0n) is 12.1. The van der Waals surface area contributed by atoms with E-state index >= 15 is 0 Å². The van der Waals surface area contributed by atoms with Gasteiger partial charge in [-0.25, -0.2) is 0 Å². The molecular weight excluding hydrogens is 268 g/mol. The first-order valence-corrected chi connectivity index (χ1v) is 7.52. The maximum Gasteiger partial charge on any atom is 0.104 e. The van der Waals surface area contributed by atoms with Gasteiger partial charge in [-0.15, -0.1) is 0 Å². The first-order valence-electron chi connectivity index (χ1n) is 7.14. The van der Waals surface area contributed by atoms with Crippen LogP contribution in [-0.2, 0) is 6.42 Å². The van der Waals surface area contributed by atoms with Gasteiger partial charge in [-0.1, -0.05) is 61.3 Å². The summed E-state index contributed by atoms with van der Waals surface area (Å²) in [5.41, 5.74) is 4.09. The molecule has 2 aromatic carbocycles. The van der Waals surface area contributed by atoms with Crippen molar-refractivity contribution in [3.8, 4) is 0 Å². The van der Waals surface area contributed by atoms with Crippen LogP contribution in [0, 0.1) is 6.92 Å². The predicted molar refractivity (Wildman–Crippen MR) is 85.3 cm³/mol. The van der Waals surface area contributed by atoms with Gasteiger partial charge in [0.2, 0.25) is 0 Å². The fraction of sp³-hybridized carbons (Fsp3) is 0.333. The smallest absolute Gasteiger partial charge is 0.104 e. The molecule has 2 heteroatoms. The first-order chi connectivity index (χ1) is 9.61. The fourth-order valence-electron chi connectivity index (χ4n) is 2.22. The SMILES string of the molecule is CCCCc1ccc(C(O)c2ccc(C)c(Cl)c2)cc1. The van der Waals surface area contributed by atoms with E-state index in [1.54, 1.807) is 0 Å². The lowest BCUT2D eigenvalue weighted by Gasteiger charge is -2.13. The van der Waals surface area contributed by atoms with Gasteiger partial charge in [0.25, 0.3) is 0 Å². The maximum atomic E-state index is 10.4. The Morgan fingerprint density at radius 2 is 1.70 bits per heavy atom. The molecule has 0 bridgehead atoms.